The summed E-state index contributed by atoms with van der Waals surface area (Å²) in [4.78, 5) is 4.60. The van der Waals surface area contributed by atoms with Crippen molar-refractivity contribution in [1.82, 2.24) is 20.1 Å². The quantitative estimate of drug-likeness (QED) is 0.835. The van der Waals surface area contributed by atoms with Crippen molar-refractivity contribution >= 4 is 11.3 Å². The van der Waals surface area contributed by atoms with Crippen LogP contribution in [0.25, 0.3) is 0 Å². The van der Waals surface area contributed by atoms with Crippen LogP contribution in [-0.2, 0) is 19.5 Å². The van der Waals surface area contributed by atoms with Gasteiger partial charge in [-0.2, -0.15) is 5.10 Å². The highest BCUT2D eigenvalue weighted by Gasteiger charge is 2.05. The lowest BCUT2D eigenvalue weighted by atomic mass is 10.3. The molecule has 0 aliphatic rings. The third kappa shape index (κ3) is 3.92. The second-order valence-corrected chi connectivity index (χ2v) is 5.44. The van der Waals surface area contributed by atoms with Crippen molar-refractivity contribution in [2.45, 2.75) is 45.8 Å². The largest absolute Gasteiger partial charge is 0.307 e. The lowest BCUT2D eigenvalue weighted by Gasteiger charge is -2.12. The van der Waals surface area contributed by atoms with E-state index in [0.717, 1.165) is 31.6 Å². The van der Waals surface area contributed by atoms with Gasteiger partial charge in [0.1, 0.15) is 0 Å². The van der Waals surface area contributed by atoms with Gasteiger partial charge >= 0.3 is 0 Å². The Kier molecular flexibility index (Phi) is 4.90. The molecule has 2 aromatic heterocycles. The molecule has 1 N–H and O–H groups in total. The molecule has 2 rings (SSSR count). The van der Waals surface area contributed by atoms with Crippen molar-refractivity contribution in [1.29, 1.82) is 0 Å². The molecule has 2 heterocycles. The first-order valence-corrected chi connectivity index (χ1v) is 7.30. The first-order chi connectivity index (χ1) is 8.78. The molecule has 18 heavy (non-hydrogen) atoms. The van der Waals surface area contributed by atoms with Crippen LogP contribution >= 0.6 is 11.3 Å². The van der Waals surface area contributed by atoms with E-state index in [2.05, 4.69) is 34.6 Å². The van der Waals surface area contributed by atoms with Crippen LogP contribution in [0, 0.1) is 0 Å². The molecule has 1 atom stereocenters. The highest BCUT2D eigenvalue weighted by molar-refractivity contribution is 7.09. The SMILES string of the molecule is CCCc1nc(CN[C@H](C)Cn2cccn2)cs1. The second-order valence-electron chi connectivity index (χ2n) is 4.49. The average molecular weight is 264 g/mol. The summed E-state index contributed by atoms with van der Waals surface area (Å²) in [5.74, 6) is 0. The molecular formula is C13H20N4S. The van der Waals surface area contributed by atoms with Gasteiger partial charge in [0.25, 0.3) is 0 Å². The lowest BCUT2D eigenvalue weighted by molar-refractivity contribution is 0.448. The summed E-state index contributed by atoms with van der Waals surface area (Å²) in [6.07, 6.45) is 6.05. The molecule has 0 saturated heterocycles. The minimum Gasteiger partial charge on any atom is -0.307 e. The number of hydrogen-bond donors (Lipinski definition) is 1. The third-order valence-electron chi connectivity index (χ3n) is 2.71. The summed E-state index contributed by atoms with van der Waals surface area (Å²) in [5.41, 5.74) is 1.15. The van der Waals surface area contributed by atoms with Crippen molar-refractivity contribution in [2.75, 3.05) is 0 Å². The Morgan fingerprint density at radius 3 is 3.11 bits per heavy atom. The van der Waals surface area contributed by atoms with E-state index in [0.29, 0.717) is 6.04 Å². The Hall–Kier alpha value is -1.20. The fraction of sp³-hybridized carbons (Fsp3) is 0.538. The van der Waals surface area contributed by atoms with Crippen LogP contribution in [0.3, 0.4) is 0 Å². The summed E-state index contributed by atoms with van der Waals surface area (Å²) in [6.45, 7) is 6.08. The summed E-state index contributed by atoms with van der Waals surface area (Å²) in [5, 5.41) is 11.1. The molecule has 0 bridgehead atoms. The van der Waals surface area contributed by atoms with Gasteiger partial charge in [-0.05, 0) is 25.8 Å². The first kappa shape index (κ1) is 13.2. The Balaban J connectivity index is 1.76. The molecule has 2 aromatic rings. The smallest absolute Gasteiger partial charge is 0.0928 e. The van der Waals surface area contributed by atoms with Gasteiger partial charge in [-0.15, -0.1) is 11.3 Å². The van der Waals surface area contributed by atoms with Crippen molar-refractivity contribution < 1.29 is 0 Å². The Morgan fingerprint density at radius 2 is 2.39 bits per heavy atom. The molecule has 4 nitrogen and oxygen atoms in total. The normalized spacial score (nSPS) is 12.8. The number of nitrogens with zero attached hydrogens (tertiary/aromatic N) is 3. The van der Waals surface area contributed by atoms with Crippen LogP contribution in [0.5, 0.6) is 0 Å². The lowest BCUT2D eigenvalue weighted by Crippen LogP contribution is -2.30. The predicted octanol–water partition coefficient (Wildman–Crippen LogP) is 2.47. The Bertz CT molecular complexity index is 449. The molecule has 0 radical (unpaired) electrons. The van der Waals surface area contributed by atoms with Gasteiger partial charge in [0.2, 0.25) is 0 Å². The molecular weight excluding hydrogens is 244 g/mol. The van der Waals surface area contributed by atoms with Gasteiger partial charge in [0.15, 0.2) is 0 Å². The molecule has 5 heteroatoms. The van der Waals surface area contributed by atoms with Gasteiger partial charge < -0.3 is 5.32 Å². The maximum absolute atomic E-state index is 4.60. The molecule has 0 amide bonds. The van der Waals surface area contributed by atoms with E-state index in [9.17, 15) is 0 Å². The Labute approximate surface area is 112 Å². The molecule has 0 saturated carbocycles. The van der Waals surface area contributed by atoms with Gasteiger partial charge in [-0.3, -0.25) is 4.68 Å². The van der Waals surface area contributed by atoms with E-state index in [4.69, 9.17) is 0 Å². The number of rotatable bonds is 7. The highest BCUT2D eigenvalue weighted by atomic mass is 32.1. The minimum absolute atomic E-state index is 0.390. The van der Waals surface area contributed by atoms with E-state index in [1.165, 1.54) is 5.01 Å². The molecule has 0 aliphatic carbocycles. The number of aryl methyl sites for hydroxylation is 1. The van der Waals surface area contributed by atoms with E-state index < -0.39 is 0 Å². The summed E-state index contributed by atoms with van der Waals surface area (Å²) in [7, 11) is 0. The second kappa shape index (κ2) is 6.66. The molecule has 0 unspecified atom stereocenters. The summed E-state index contributed by atoms with van der Waals surface area (Å²) >= 11 is 1.76. The topological polar surface area (TPSA) is 42.7 Å². The van der Waals surface area contributed by atoms with Crippen LogP contribution in [0.4, 0.5) is 0 Å². The zero-order chi connectivity index (χ0) is 12.8. The zero-order valence-corrected chi connectivity index (χ0v) is 11.8. The molecule has 98 valence electrons. The van der Waals surface area contributed by atoms with Crippen LogP contribution in [0.15, 0.2) is 23.8 Å². The predicted molar refractivity (Wildman–Crippen MR) is 74.6 cm³/mol. The highest BCUT2D eigenvalue weighted by Crippen LogP contribution is 2.11. The molecule has 0 spiro atoms. The fourth-order valence-electron chi connectivity index (χ4n) is 1.79. The molecule has 0 fully saturated rings. The van der Waals surface area contributed by atoms with Crippen molar-refractivity contribution in [3.8, 4) is 0 Å². The fourth-order valence-corrected chi connectivity index (χ4v) is 2.69. The average Bonchev–Trinajstić information content (AvgIpc) is 2.99. The van der Waals surface area contributed by atoms with Crippen molar-refractivity contribution in [3.05, 3.63) is 34.5 Å². The zero-order valence-electron chi connectivity index (χ0n) is 11.0. The van der Waals surface area contributed by atoms with Gasteiger partial charge in [0.05, 0.1) is 17.2 Å². The van der Waals surface area contributed by atoms with Crippen LogP contribution in [0.2, 0.25) is 0 Å². The van der Waals surface area contributed by atoms with Crippen LogP contribution in [0.1, 0.15) is 31.0 Å². The maximum Gasteiger partial charge on any atom is 0.0928 e. The number of aromatic nitrogens is 3. The van der Waals surface area contributed by atoms with Crippen LogP contribution < -0.4 is 5.32 Å². The van der Waals surface area contributed by atoms with E-state index in [-0.39, 0.29) is 0 Å². The van der Waals surface area contributed by atoms with E-state index in [1.807, 2.05) is 23.1 Å². The van der Waals surface area contributed by atoms with Crippen molar-refractivity contribution in [3.63, 3.8) is 0 Å². The minimum atomic E-state index is 0.390. The summed E-state index contributed by atoms with van der Waals surface area (Å²) in [6, 6.07) is 2.34. The van der Waals surface area contributed by atoms with Gasteiger partial charge in [-0.1, -0.05) is 6.92 Å². The monoisotopic (exact) mass is 264 g/mol. The Morgan fingerprint density at radius 1 is 1.50 bits per heavy atom. The standard InChI is InChI=1S/C13H20N4S/c1-3-5-13-16-12(10-18-13)8-14-11(2)9-17-7-4-6-15-17/h4,6-7,10-11,14H,3,5,8-9H2,1-2H3/t11-/m1/s1. The summed E-state index contributed by atoms with van der Waals surface area (Å²) < 4.78 is 1.95. The van der Waals surface area contributed by atoms with Gasteiger partial charge in [-0.25, -0.2) is 4.98 Å². The van der Waals surface area contributed by atoms with E-state index in [1.54, 1.807) is 11.3 Å². The maximum atomic E-state index is 4.60. The molecule has 0 aromatic carbocycles. The number of nitrogens with one attached hydrogen (secondary N) is 1. The number of thiazole rings is 1. The van der Waals surface area contributed by atoms with E-state index >= 15 is 0 Å². The first-order valence-electron chi connectivity index (χ1n) is 6.42. The third-order valence-corrected chi connectivity index (χ3v) is 3.67. The molecule has 0 aliphatic heterocycles. The van der Waals surface area contributed by atoms with Gasteiger partial charge in [0, 0.05) is 30.4 Å². The van der Waals surface area contributed by atoms with Crippen molar-refractivity contribution in [2.24, 2.45) is 0 Å². The number of hydrogen-bond acceptors (Lipinski definition) is 4. The van der Waals surface area contributed by atoms with Crippen LogP contribution in [-0.4, -0.2) is 20.8 Å².